The summed E-state index contributed by atoms with van der Waals surface area (Å²) in [5.41, 5.74) is 6.18. The molecule has 1 amide bonds. The third-order valence-electron chi connectivity index (χ3n) is 4.45. The van der Waals surface area contributed by atoms with Crippen LogP contribution in [0.4, 0.5) is 0 Å². The average Bonchev–Trinajstić information content (AvgIpc) is 2.92. The van der Waals surface area contributed by atoms with E-state index in [0.717, 1.165) is 21.4 Å². The van der Waals surface area contributed by atoms with Gasteiger partial charge in [0.25, 0.3) is 5.91 Å². The fourth-order valence-electron chi connectivity index (χ4n) is 3.11. The number of thiazole rings is 1. The molecule has 1 heterocycles. The van der Waals surface area contributed by atoms with Crippen LogP contribution in [0.25, 0.3) is 10.2 Å². The molecule has 0 saturated heterocycles. The van der Waals surface area contributed by atoms with Gasteiger partial charge in [-0.25, -0.2) is 0 Å². The van der Waals surface area contributed by atoms with Crippen molar-refractivity contribution in [2.24, 2.45) is 4.99 Å². The molecule has 0 spiro atoms. The fourth-order valence-corrected chi connectivity index (χ4v) is 4.21. The first-order valence-electron chi connectivity index (χ1n) is 8.66. The van der Waals surface area contributed by atoms with Crippen LogP contribution >= 0.6 is 11.3 Å². The Hall–Kier alpha value is -2.24. The number of carbonyl (C=O) groups is 1. The molecular formula is C21H24N2O2S. The minimum absolute atomic E-state index is 0.196. The van der Waals surface area contributed by atoms with Gasteiger partial charge < -0.3 is 9.30 Å². The van der Waals surface area contributed by atoms with Crippen LogP contribution in [0.1, 0.15) is 32.6 Å². The molecule has 0 radical (unpaired) electrons. The number of methoxy groups -OCH3 is 1. The van der Waals surface area contributed by atoms with Crippen LogP contribution in [0, 0.1) is 27.7 Å². The van der Waals surface area contributed by atoms with Crippen molar-refractivity contribution < 1.29 is 9.53 Å². The summed E-state index contributed by atoms with van der Waals surface area (Å²) < 4.78 is 8.52. The van der Waals surface area contributed by atoms with Crippen molar-refractivity contribution >= 4 is 27.5 Å². The van der Waals surface area contributed by atoms with Crippen molar-refractivity contribution in [1.29, 1.82) is 0 Å². The van der Waals surface area contributed by atoms with E-state index in [1.54, 1.807) is 18.4 Å². The smallest absolute Gasteiger partial charge is 0.279 e. The van der Waals surface area contributed by atoms with Gasteiger partial charge in [-0.2, -0.15) is 4.99 Å². The van der Waals surface area contributed by atoms with Crippen LogP contribution in [-0.4, -0.2) is 24.2 Å². The van der Waals surface area contributed by atoms with E-state index in [9.17, 15) is 4.79 Å². The van der Waals surface area contributed by atoms with E-state index >= 15 is 0 Å². The lowest BCUT2D eigenvalue weighted by Crippen LogP contribution is -2.19. The molecule has 0 aliphatic carbocycles. The standard InChI is InChI=1S/C21H24N2O2S/c1-13-6-7-15(3)17(11-13)20(24)22-21-23(8-9-25-5)18-12-14(2)10-16(4)19(18)26-21/h6-7,10-12H,8-9H2,1-5H3. The van der Waals surface area contributed by atoms with Crippen LogP contribution in [0.5, 0.6) is 0 Å². The number of benzene rings is 2. The molecule has 0 bridgehead atoms. The zero-order chi connectivity index (χ0) is 18.8. The van der Waals surface area contributed by atoms with Crippen molar-refractivity contribution in [1.82, 2.24) is 4.57 Å². The Balaban J connectivity index is 2.19. The molecule has 3 aromatic rings. The molecule has 0 unspecified atom stereocenters. The SMILES string of the molecule is COCCn1c(=NC(=O)c2cc(C)ccc2C)sc2c(C)cc(C)cc21. The Kier molecular flexibility index (Phi) is 5.39. The number of amides is 1. The Bertz CT molecular complexity index is 1040. The summed E-state index contributed by atoms with van der Waals surface area (Å²) in [5.74, 6) is -0.196. The fraction of sp³-hybridized carbons (Fsp3) is 0.333. The van der Waals surface area contributed by atoms with E-state index in [2.05, 4.69) is 35.5 Å². The van der Waals surface area contributed by atoms with Gasteiger partial charge in [-0.3, -0.25) is 4.79 Å². The van der Waals surface area contributed by atoms with Gasteiger partial charge in [0.15, 0.2) is 4.80 Å². The van der Waals surface area contributed by atoms with Crippen LogP contribution in [0.2, 0.25) is 0 Å². The van der Waals surface area contributed by atoms with E-state index < -0.39 is 0 Å². The van der Waals surface area contributed by atoms with Gasteiger partial charge in [0.1, 0.15) is 0 Å². The highest BCUT2D eigenvalue weighted by atomic mass is 32.1. The van der Waals surface area contributed by atoms with E-state index in [1.807, 2.05) is 32.0 Å². The largest absolute Gasteiger partial charge is 0.383 e. The molecule has 0 aliphatic heterocycles. The van der Waals surface area contributed by atoms with Gasteiger partial charge in [0.05, 0.1) is 16.8 Å². The molecular weight excluding hydrogens is 344 g/mol. The number of carbonyl (C=O) groups excluding carboxylic acids is 1. The van der Waals surface area contributed by atoms with Gasteiger partial charge >= 0.3 is 0 Å². The predicted molar refractivity (Wildman–Crippen MR) is 107 cm³/mol. The molecule has 0 N–H and O–H groups in total. The quantitative estimate of drug-likeness (QED) is 0.688. The first-order chi connectivity index (χ1) is 12.4. The minimum Gasteiger partial charge on any atom is -0.383 e. The molecule has 0 saturated carbocycles. The maximum absolute atomic E-state index is 12.8. The Morgan fingerprint density at radius 1 is 1.08 bits per heavy atom. The monoisotopic (exact) mass is 368 g/mol. The summed E-state index contributed by atoms with van der Waals surface area (Å²) in [5, 5.41) is 0. The van der Waals surface area contributed by atoms with Crippen molar-refractivity contribution in [3.05, 3.63) is 63.0 Å². The Morgan fingerprint density at radius 2 is 1.85 bits per heavy atom. The highest BCUT2D eigenvalue weighted by Gasteiger charge is 2.13. The second kappa shape index (κ2) is 7.56. The lowest BCUT2D eigenvalue weighted by Gasteiger charge is -2.06. The lowest BCUT2D eigenvalue weighted by molar-refractivity contribution is 0.0996. The number of hydrogen-bond acceptors (Lipinski definition) is 3. The van der Waals surface area contributed by atoms with Crippen LogP contribution in [-0.2, 0) is 11.3 Å². The molecule has 0 fully saturated rings. The Morgan fingerprint density at radius 3 is 2.58 bits per heavy atom. The highest BCUT2D eigenvalue weighted by Crippen LogP contribution is 2.23. The summed E-state index contributed by atoms with van der Waals surface area (Å²) in [6.45, 7) is 9.35. The number of hydrogen-bond donors (Lipinski definition) is 0. The molecule has 5 heteroatoms. The summed E-state index contributed by atoms with van der Waals surface area (Å²) in [7, 11) is 1.68. The molecule has 4 nitrogen and oxygen atoms in total. The number of aromatic nitrogens is 1. The maximum Gasteiger partial charge on any atom is 0.279 e. The molecule has 136 valence electrons. The van der Waals surface area contributed by atoms with Crippen molar-refractivity contribution in [2.75, 3.05) is 13.7 Å². The number of aryl methyl sites for hydroxylation is 4. The highest BCUT2D eigenvalue weighted by molar-refractivity contribution is 7.16. The van der Waals surface area contributed by atoms with Crippen molar-refractivity contribution in [3.8, 4) is 0 Å². The molecule has 1 aromatic heterocycles. The van der Waals surface area contributed by atoms with Crippen LogP contribution in [0.15, 0.2) is 35.3 Å². The molecule has 26 heavy (non-hydrogen) atoms. The molecule has 2 aromatic carbocycles. The number of fused-ring (bicyclic) bond motifs is 1. The van der Waals surface area contributed by atoms with Gasteiger partial charge in [0.2, 0.25) is 0 Å². The van der Waals surface area contributed by atoms with E-state index in [-0.39, 0.29) is 5.91 Å². The van der Waals surface area contributed by atoms with Gasteiger partial charge in [-0.15, -0.1) is 0 Å². The predicted octanol–water partition coefficient (Wildman–Crippen LogP) is 4.32. The zero-order valence-electron chi connectivity index (χ0n) is 15.9. The molecule has 0 aliphatic rings. The molecule has 0 atom stereocenters. The topological polar surface area (TPSA) is 43.6 Å². The Labute approximate surface area is 157 Å². The van der Waals surface area contributed by atoms with Crippen molar-refractivity contribution in [2.45, 2.75) is 34.2 Å². The van der Waals surface area contributed by atoms with Crippen LogP contribution in [0.3, 0.4) is 0 Å². The first-order valence-corrected chi connectivity index (χ1v) is 9.48. The van der Waals surface area contributed by atoms with Crippen LogP contribution < -0.4 is 4.80 Å². The summed E-state index contributed by atoms with van der Waals surface area (Å²) in [4.78, 5) is 18.0. The van der Waals surface area contributed by atoms with E-state index in [0.29, 0.717) is 18.7 Å². The molecule has 3 rings (SSSR count). The number of ether oxygens (including phenoxy) is 1. The number of rotatable bonds is 4. The van der Waals surface area contributed by atoms with Gasteiger partial charge in [0, 0.05) is 19.2 Å². The van der Waals surface area contributed by atoms with Crippen molar-refractivity contribution in [3.63, 3.8) is 0 Å². The van der Waals surface area contributed by atoms with E-state index in [1.165, 1.54) is 15.8 Å². The third-order valence-corrected chi connectivity index (χ3v) is 5.68. The summed E-state index contributed by atoms with van der Waals surface area (Å²) >= 11 is 1.56. The summed E-state index contributed by atoms with van der Waals surface area (Å²) in [6, 6.07) is 10.2. The lowest BCUT2D eigenvalue weighted by atomic mass is 10.1. The van der Waals surface area contributed by atoms with Gasteiger partial charge in [-0.1, -0.05) is 35.1 Å². The second-order valence-electron chi connectivity index (χ2n) is 6.69. The maximum atomic E-state index is 12.8. The van der Waals surface area contributed by atoms with Gasteiger partial charge in [-0.05, 0) is 56.5 Å². The zero-order valence-corrected chi connectivity index (χ0v) is 16.7. The summed E-state index contributed by atoms with van der Waals surface area (Å²) in [6.07, 6.45) is 0. The normalized spacial score (nSPS) is 12.1. The van der Waals surface area contributed by atoms with E-state index in [4.69, 9.17) is 4.74 Å². The minimum atomic E-state index is -0.196. The third kappa shape index (κ3) is 3.64. The first kappa shape index (κ1) is 18.5. The average molecular weight is 369 g/mol. The number of nitrogens with zero attached hydrogens (tertiary/aromatic N) is 2. The second-order valence-corrected chi connectivity index (χ2v) is 7.67.